The summed E-state index contributed by atoms with van der Waals surface area (Å²) in [5, 5.41) is 0. The van der Waals surface area contributed by atoms with Gasteiger partial charge in [-0.25, -0.2) is 0 Å². The molecule has 13 rings (SSSR count). The van der Waals surface area contributed by atoms with Gasteiger partial charge >= 0.3 is 0 Å². The maximum absolute atomic E-state index is 2.49. The Bertz CT molecular complexity index is 3250. The van der Waals surface area contributed by atoms with Gasteiger partial charge in [-0.3, -0.25) is 0 Å². The molecule has 2 aliphatic carbocycles. The Balaban J connectivity index is 1.14. The largest absolute Gasteiger partial charge is 0.310 e. The van der Waals surface area contributed by atoms with E-state index < -0.39 is 5.41 Å². The molecule has 330 valence electrons. The van der Waals surface area contributed by atoms with Crippen LogP contribution in [-0.4, -0.2) is 0 Å². The minimum atomic E-state index is -0.737. The van der Waals surface area contributed by atoms with Crippen LogP contribution >= 0.6 is 0 Å². The zero-order valence-electron chi connectivity index (χ0n) is 38.5. The third-order valence-electron chi connectivity index (χ3n) is 14.2. The van der Waals surface area contributed by atoms with Crippen molar-refractivity contribution in [1.82, 2.24) is 0 Å². The third-order valence-corrected chi connectivity index (χ3v) is 14.2. The van der Waals surface area contributed by atoms with E-state index in [0.717, 1.165) is 51.2 Å². The summed E-state index contributed by atoms with van der Waals surface area (Å²) in [7, 11) is 0. The second kappa shape index (κ2) is 17.2. The highest BCUT2D eigenvalue weighted by Gasteiger charge is 2.53. The van der Waals surface area contributed by atoms with Crippen molar-refractivity contribution in [2.24, 2.45) is 0 Å². The van der Waals surface area contributed by atoms with E-state index >= 15 is 0 Å². The van der Waals surface area contributed by atoms with Gasteiger partial charge in [0.05, 0.1) is 5.41 Å². The van der Waals surface area contributed by atoms with E-state index in [-0.39, 0.29) is 0 Å². The molecule has 0 N–H and O–H groups in total. The molecule has 0 radical (unpaired) electrons. The summed E-state index contributed by atoms with van der Waals surface area (Å²) >= 11 is 0. The van der Waals surface area contributed by atoms with Gasteiger partial charge in [-0.2, -0.15) is 0 Å². The lowest BCUT2D eigenvalue weighted by Gasteiger charge is -2.34. The molecule has 0 saturated carbocycles. The van der Waals surface area contributed by atoms with Gasteiger partial charge in [0, 0.05) is 51.2 Å². The van der Waals surface area contributed by atoms with E-state index in [0.29, 0.717) is 0 Å². The summed E-state index contributed by atoms with van der Waals surface area (Å²) in [4.78, 5) is 7.19. The highest BCUT2D eigenvalue weighted by Crippen LogP contribution is 2.65. The van der Waals surface area contributed by atoms with Gasteiger partial charge in [0.25, 0.3) is 0 Å². The van der Waals surface area contributed by atoms with Crippen LogP contribution < -0.4 is 14.7 Å². The van der Waals surface area contributed by atoms with Gasteiger partial charge < -0.3 is 14.7 Å². The average molecular weight is 894 g/mol. The van der Waals surface area contributed by atoms with Gasteiger partial charge in [-0.05, 0) is 171 Å². The second-order valence-corrected chi connectivity index (χ2v) is 18.1. The second-order valence-electron chi connectivity index (χ2n) is 18.1. The average Bonchev–Trinajstić information content (AvgIpc) is 3.89. The van der Waals surface area contributed by atoms with Crippen LogP contribution in [0.25, 0.3) is 33.4 Å². The lowest BCUT2D eigenvalue weighted by molar-refractivity contribution is 0.793. The van der Waals surface area contributed by atoms with Crippen molar-refractivity contribution in [3.63, 3.8) is 0 Å². The smallest absolute Gasteiger partial charge is 0.0728 e. The molecule has 0 unspecified atom stereocenters. The number of rotatable bonds is 10. The van der Waals surface area contributed by atoms with Crippen molar-refractivity contribution >= 4 is 51.2 Å². The monoisotopic (exact) mass is 893 g/mol. The van der Waals surface area contributed by atoms with E-state index in [1.807, 2.05) is 0 Å². The number of anilines is 9. The molecule has 0 fully saturated rings. The first-order valence-corrected chi connectivity index (χ1v) is 24.1. The van der Waals surface area contributed by atoms with Crippen molar-refractivity contribution in [2.45, 2.75) is 5.41 Å². The minimum absolute atomic E-state index is 0.737. The molecule has 0 atom stereocenters. The Labute approximate surface area is 410 Å². The lowest BCUT2D eigenvalue weighted by atomic mass is 9.70. The molecular weight excluding hydrogens is 847 g/mol. The molecule has 0 amide bonds. The zero-order valence-corrected chi connectivity index (χ0v) is 38.5. The predicted molar refractivity (Wildman–Crippen MR) is 292 cm³/mol. The van der Waals surface area contributed by atoms with Crippen molar-refractivity contribution in [3.8, 4) is 33.4 Å². The maximum atomic E-state index is 2.49. The van der Waals surface area contributed by atoms with Crippen LogP contribution in [0.15, 0.2) is 285 Å². The summed E-state index contributed by atoms with van der Waals surface area (Å²) < 4.78 is 0. The van der Waals surface area contributed by atoms with E-state index in [4.69, 9.17) is 0 Å². The first-order chi connectivity index (χ1) is 34.7. The maximum Gasteiger partial charge on any atom is 0.0728 e. The number of fused-ring (bicyclic) bond motifs is 10. The molecular formula is C67H47N3. The number of para-hydroxylation sites is 6. The van der Waals surface area contributed by atoms with Crippen LogP contribution in [0, 0.1) is 0 Å². The van der Waals surface area contributed by atoms with Crippen LogP contribution in [0.5, 0.6) is 0 Å². The van der Waals surface area contributed by atoms with Gasteiger partial charge in [-0.15, -0.1) is 0 Å². The van der Waals surface area contributed by atoms with Crippen molar-refractivity contribution in [2.75, 3.05) is 14.7 Å². The Hall–Kier alpha value is -9.18. The molecule has 2 aliphatic rings. The topological polar surface area (TPSA) is 9.72 Å². The molecule has 0 aliphatic heterocycles. The van der Waals surface area contributed by atoms with Gasteiger partial charge in [0.15, 0.2) is 0 Å². The Morgan fingerprint density at radius 1 is 0.186 bits per heavy atom. The highest BCUT2D eigenvalue weighted by atomic mass is 15.2. The quantitative estimate of drug-likeness (QED) is 0.135. The van der Waals surface area contributed by atoms with Gasteiger partial charge in [0.2, 0.25) is 0 Å². The molecule has 11 aromatic carbocycles. The van der Waals surface area contributed by atoms with Crippen LogP contribution in [-0.2, 0) is 5.41 Å². The van der Waals surface area contributed by atoms with Crippen molar-refractivity contribution in [3.05, 3.63) is 307 Å². The standard InChI is InChI=1S/C67H47N3/c1-8-22-48(23-9-1)49-36-40-59-60-41-37-56(68(50-24-10-2-11-25-50)51-26-12-3-13-27-51)45-64(60)67(63(59)44-49)65-46-57(69(52-28-14-4-15-29-52)53-30-16-5-17-31-53)38-42-61(65)62-43-39-58(47-66(62)67)70(54-32-18-6-19-33-54)55-34-20-7-21-35-55/h1-47H. The van der Waals surface area contributed by atoms with E-state index in [1.165, 1.54) is 55.6 Å². The first-order valence-electron chi connectivity index (χ1n) is 24.1. The van der Waals surface area contributed by atoms with Crippen LogP contribution in [0.2, 0.25) is 0 Å². The van der Waals surface area contributed by atoms with Gasteiger partial charge in [-0.1, -0.05) is 170 Å². The molecule has 0 heterocycles. The molecule has 70 heavy (non-hydrogen) atoms. The molecule has 1 spiro atoms. The molecule has 3 heteroatoms. The third kappa shape index (κ3) is 6.74. The lowest BCUT2D eigenvalue weighted by Crippen LogP contribution is -2.27. The summed E-state index contributed by atoms with van der Waals surface area (Å²) in [6, 6.07) is 104. The SMILES string of the molecule is c1ccc(-c2ccc3c(c2)C2(c4cc(N(c5ccccc5)c5ccccc5)ccc4-3)c3cc(N(c4ccccc4)c4ccccc4)ccc3-c3ccc(N(c4ccccc4)c4ccccc4)cc32)cc1. The predicted octanol–water partition coefficient (Wildman–Crippen LogP) is 18.1. The fraction of sp³-hybridized carbons (Fsp3) is 0.0149. The number of hydrogen-bond donors (Lipinski definition) is 0. The number of benzene rings is 11. The first kappa shape index (κ1) is 41.0. The summed E-state index contributed by atoms with van der Waals surface area (Å²) in [6.07, 6.45) is 0. The van der Waals surface area contributed by atoms with E-state index in [2.05, 4.69) is 300 Å². The molecule has 11 aromatic rings. The van der Waals surface area contributed by atoms with Crippen LogP contribution in [0.4, 0.5) is 51.2 Å². The normalized spacial score (nSPS) is 12.4. The van der Waals surface area contributed by atoms with Crippen LogP contribution in [0.1, 0.15) is 22.3 Å². The zero-order chi connectivity index (χ0) is 46.4. The van der Waals surface area contributed by atoms with E-state index in [9.17, 15) is 0 Å². The Kier molecular flexibility index (Phi) is 10.1. The molecule has 3 nitrogen and oxygen atoms in total. The summed E-state index contributed by atoms with van der Waals surface area (Å²) in [5.41, 5.74) is 21.5. The van der Waals surface area contributed by atoms with Crippen molar-refractivity contribution in [1.29, 1.82) is 0 Å². The minimum Gasteiger partial charge on any atom is -0.310 e. The molecule has 0 saturated heterocycles. The van der Waals surface area contributed by atoms with Gasteiger partial charge in [0.1, 0.15) is 0 Å². The van der Waals surface area contributed by atoms with Crippen molar-refractivity contribution < 1.29 is 0 Å². The van der Waals surface area contributed by atoms with E-state index in [1.54, 1.807) is 0 Å². The Morgan fingerprint density at radius 3 is 0.714 bits per heavy atom. The number of nitrogens with zero attached hydrogens (tertiary/aromatic N) is 3. The Morgan fingerprint density at radius 2 is 0.429 bits per heavy atom. The van der Waals surface area contributed by atoms with Crippen LogP contribution in [0.3, 0.4) is 0 Å². The fourth-order valence-corrected chi connectivity index (χ4v) is 11.2. The summed E-state index contributed by atoms with van der Waals surface area (Å²) in [6.45, 7) is 0. The highest BCUT2D eigenvalue weighted by molar-refractivity contribution is 5.99. The number of hydrogen-bond acceptors (Lipinski definition) is 3. The summed E-state index contributed by atoms with van der Waals surface area (Å²) in [5.74, 6) is 0. The molecule has 0 aromatic heterocycles. The molecule has 0 bridgehead atoms. The fourth-order valence-electron chi connectivity index (χ4n) is 11.2.